The molecule has 0 aliphatic heterocycles. The van der Waals surface area contributed by atoms with Crippen molar-refractivity contribution in [1.82, 2.24) is 4.98 Å². The molecular weight excluding hydrogens is 262 g/mol. The Morgan fingerprint density at radius 1 is 1.39 bits per heavy atom. The maximum atomic E-state index is 13.5. The highest BCUT2D eigenvalue weighted by atomic mass is 32.1. The zero-order chi connectivity index (χ0) is 13.3. The lowest BCUT2D eigenvalue weighted by molar-refractivity contribution is -0.138. The van der Waals surface area contributed by atoms with E-state index in [1.807, 2.05) is 0 Å². The van der Waals surface area contributed by atoms with Gasteiger partial charge in [-0.15, -0.1) is 11.3 Å². The van der Waals surface area contributed by atoms with Crippen LogP contribution in [0.3, 0.4) is 0 Å². The Bertz CT molecular complexity index is 580. The first-order valence-electron chi connectivity index (χ1n) is 4.89. The van der Waals surface area contributed by atoms with E-state index in [9.17, 15) is 13.6 Å². The monoisotopic (exact) mass is 270 g/mol. The van der Waals surface area contributed by atoms with Gasteiger partial charge in [0, 0.05) is 5.38 Å². The van der Waals surface area contributed by atoms with Crippen LogP contribution in [0.4, 0.5) is 8.78 Å². The predicted octanol–water partition coefficient (Wildman–Crippen LogP) is 2.17. The second-order valence-electron chi connectivity index (χ2n) is 3.49. The molecular formula is C11H8F2N2O2S. The van der Waals surface area contributed by atoms with Gasteiger partial charge in [-0.3, -0.25) is 4.79 Å². The molecule has 0 bridgehead atoms. The van der Waals surface area contributed by atoms with Crippen LogP contribution in [0.15, 0.2) is 23.6 Å². The molecule has 0 saturated heterocycles. The molecule has 2 rings (SSSR count). The molecule has 1 atom stereocenters. The minimum absolute atomic E-state index is 0.0669. The van der Waals surface area contributed by atoms with E-state index in [1.165, 1.54) is 11.4 Å². The van der Waals surface area contributed by atoms with Crippen molar-refractivity contribution in [2.75, 3.05) is 0 Å². The van der Waals surface area contributed by atoms with Crippen LogP contribution in [0, 0.1) is 11.6 Å². The number of benzene rings is 1. The first-order chi connectivity index (χ1) is 8.50. The van der Waals surface area contributed by atoms with Crippen LogP contribution in [-0.2, 0) is 4.79 Å². The number of halogens is 2. The van der Waals surface area contributed by atoms with Crippen molar-refractivity contribution in [3.8, 4) is 10.6 Å². The highest BCUT2D eigenvalue weighted by Gasteiger charge is 2.20. The van der Waals surface area contributed by atoms with Gasteiger partial charge in [0.05, 0.1) is 11.3 Å². The molecule has 7 heteroatoms. The fourth-order valence-corrected chi connectivity index (χ4v) is 2.28. The second kappa shape index (κ2) is 4.79. The predicted molar refractivity (Wildman–Crippen MR) is 62.0 cm³/mol. The van der Waals surface area contributed by atoms with Gasteiger partial charge in [0.1, 0.15) is 22.7 Å². The summed E-state index contributed by atoms with van der Waals surface area (Å²) in [4.78, 5) is 14.5. The van der Waals surface area contributed by atoms with Gasteiger partial charge in [0.2, 0.25) is 0 Å². The number of carboxylic acid groups (broad SMARTS) is 1. The Morgan fingerprint density at radius 3 is 2.56 bits per heavy atom. The smallest absolute Gasteiger partial charge is 0.326 e. The fourth-order valence-electron chi connectivity index (χ4n) is 1.37. The van der Waals surface area contributed by atoms with Crippen LogP contribution in [0.2, 0.25) is 0 Å². The molecule has 1 heterocycles. The van der Waals surface area contributed by atoms with Crippen molar-refractivity contribution in [2.24, 2.45) is 5.73 Å². The summed E-state index contributed by atoms with van der Waals surface area (Å²) in [6.07, 6.45) is 0. The summed E-state index contributed by atoms with van der Waals surface area (Å²) in [7, 11) is 0. The molecule has 0 radical (unpaired) electrons. The largest absolute Gasteiger partial charge is 0.480 e. The number of carbonyl (C=O) groups is 1. The van der Waals surface area contributed by atoms with Crippen LogP contribution in [0.5, 0.6) is 0 Å². The molecule has 0 fully saturated rings. The number of hydrogen-bond acceptors (Lipinski definition) is 4. The van der Waals surface area contributed by atoms with Crippen LogP contribution in [0.1, 0.15) is 11.7 Å². The molecule has 1 aromatic carbocycles. The number of carboxylic acids is 1. The maximum Gasteiger partial charge on any atom is 0.326 e. The number of thiazole rings is 1. The molecule has 1 aromatic heterocycles. The van der Waals surface area contributed by atoms with Gasteiger partial charge < -0.3 is 10.8 Å². The van der Waals surface area contributed by atoms with Crippen molar-refractivity contribution in [2.45, 2.75) is 6.04 Å². The van der Waals surface area contributed by atoms with E-state index in [0.717, 1.165) is 23.5 Å². The third-order valence-electron chi connectivity index (χ3n) is 2.28. The summed E-state index contributed by atoms with van der Waals surface area (Å²) in [5.41, 5.74) is 5.16. The normalized spacial score (nSPS) is 12.4. The lowest BCUT2D eigenvalue weighted by Crippen LogP contribution is -2.20. The molecule has 0 spiro atoms. The minimum atomic E-state index is -1.30. The lowest BCUT2D eigenvalue weighted by atomic mass is 10.2. The Kier molecular flexibility index (Phi) is 3.35. The summed E-state index contributed by atoms with van der Waals surface area (Å²) >= 11 is 0.942. The van der Waals surface area contributed by atoms with Crippen molar-refractivity contribution in [1.29, 1.82) is 0 Å². The van der Waals surface area contributed by atoms with Crippen molar-refractivity contribution < 1.29 is 18.7 Å². The summed E-state index contributed by atoms with van der Waals surface area (Å²) in [5, 5.41) is 10.2. The number of aliphatic carboxylic acids is 1. The number of hydrogen-bond donors (Lipinski definition) is 2. The Hall–Kier alpha value is -1.86. The van der Waals surface area contributed by atoms with Gasteiger partial charge in [0.25, 0.3) is 0 Å². The maximum absolute atomic E-state index is 13.5. The van der Waals surface area contributed by atoms with Crippen molar-refractivity contribution >= 4 is 17.3 Å². The molecule has 2 aromatic rings. The molecule has 0 aliphatic carbocycles. The molecule has 3 N–H and O–H groups in total. The van der Waals surface area contributed by atoms with Crippen LogP contribution in [0.25, 0.3) is 10.6 Å². The summed E-state index contributed by atoms with van der Waals surface area (Å²) in [6.45, 7) is 0. The van der Waals surface area contributed by atoms with Gasteiger partial charge in [-0.2, -0.15) is 0 Å². The van der Waals surface area contributed by atoms with E-state index in [2.05, 4.69) is 4.98 Å². The molecule has 0 amide bonds. The first kappa shape index (κ1) is 12.6. The van der Waals surface area contributed by atoms with E-state index in [-0.39, 0.29) is 16.3 Å². The van der Waals surface area contributed by atoms with Gasteiger partial charge in [-0.25, -0.2) is 13.8 Å². The number of nitrogens with two attached hydrogens (primary N) is 1. The van der Waals surface area contributed by atoms with E-state index < -0.39 is 23.6 Å². The Labute approximate surface area is 105 Å². The third kappa shape index (κ3) is 2.22. The van der Waals surface area contributed by atoms with Gasteiger partial charge in [0.15, 0.2) is 0 Å². The van der Waals surface area contributed by atoms with Gasteiger partial charge >= 0.3 is 5.97 Å². The summed E-state index contributed by atoms with van der Waals surface area (Å²) in [5.74, 6) is -2.75. The first-order valence-corrected chi connectivity index (χ1v) is 5.77. The second-order valence-corrected chi connectivity index (χ2v) is 4.35. The minimum Gasteiger partial charge on any atom is -0.480 e. The summed E-state index contributed by atoms with van der Waals surface area (Å²) < 4.78 is 27.0. The number of aromatic nitrogens is 1. The van der Waals surface area contributed by atoms with Crippen LogP contribution in [-0.4, -0.2) is 16.1 Å². The van der Waals surface area contributed by atoms with E-state index in [4.69, 9.17) is 10.8 Å². The highest BCUT2D eigenvalue weighted by molar-refractivity contribution is 7.13. The van der Waals surface area contributed by atoms with Crippen LogP contribution < -0.4 is 5.73 Å². The quantitative estimate of drug-likeness (QED) is 0.896. The topological polar surface area (TPSA) is 76.2 Å². The van der Waals surface area contributed by atoms with Crippen molar-refractivity contribution in [3.05, 3.63) is 40.9 Å². The average Bonchev–Trinajstić information content (AvgIpc) is 2.77. The third-order valence-corrected chi connectivity index (χ3v) is 3.16. The van der Waals surface area contributed by atoms with Gasteiger partial charge in [-0.05, 0) is 12.1 Å². The number of rotatable bonds is 3. The Morgan fingerprint density at radius 2 is 2.00 bits per heavy atom. The molecule has 18 heavy (non-hydrogen) atoms. The molecule has 4 nitrogen and oxygen atoms in total. The molecule has 1 unspecified atom stereocenters. The van der Waals surface area contributed by atoms with E-state index >= 15 is 0 Å². The number of nitrogens with zero attached hydrogens (tertiary/aromatic N) is 1. The Balaban J connectivity index is 2.44. The molecule has 94 valence electrons. The average molecular weight is 270 g/mol. The lowest BCUT2D eigenvalue weighted by Gasteiger charge is -2.02. The molecule has 0 aliphatic rings. The van der Waals surface area contributed by atoms with Gasteiger partial charge in [-0.1, -0.05) is 6.07 Å². The van der Waals surface area contributed by atoms with Crippen molar-refractivity contribution in [3.63, 3.8) is 0 Å². The standard InChI is InChI=1S/C11H8F2N2O2S/c12-5-2-1-3-6(13)8(5)10-15-7(4-18-10)9(14)11(16)17/h1-4,9H,14H2,(H,16,17). The van der Waals surface area contributed by atoms with E-state index in [1.54, 1.807) is 0 Å². The fraction of sp³-hybridized carbons (Fsp3) is 0.0909. The van der Waals surface area contributed by atoms with Crippen LogP contribution >= 0.6 is 11.3 Å². The SMILES string of the molecule is NC(C(=O)O)c1csc(-c2c(F)cccc2F)n1. The van der Waals surface area contributed by atoms with E-state index in [0.29, 0.717) is 0 Å². The summed E-state index contributed by atoms with van der Waals surface area (Å²) in [6, 6.07) is 2.16. The highest BCUT2D eigenvalue weighted by Crippen LogP contribution is 2.30. The zero-order valence-corrected chi connectivity index (χ0v) is 9.75. The zero-order valence-electron chi connectivity index (χ0n) is 8.93. The molecule has 0 saturated carbocycles.